The van der Waals surface area contributed by atoms with Crippen LogP contribution in [0.25, 0.3) is 6.08 Å². The zero-order chi connectivity index (χ0) is 12.7. The molecule has 0 atom stereocenters. The standard InChI is InChI=1S/C13H17NO3/c1-4-17-12-8-6-5-7-11(12)9-10-13(15)14(2)16-3/h5-10H,4H2,1-3H3. The van der Waals surface area contributed by atoms with Crippen LogP contribution in [0, 0.1) is 0 Å². The average Bonchev–Trinajstić information content (AvgIpc) is 2.36. The van der Waals surface area contributed by atoms with E-state index < -0.39 is 0 Å². The number of nitrogens with zero attached hydrogens (tertiary/aromatic N) is 1. The monoisotopic (exact) mass is 235 g/mol. The van der Waals surface area contributed by atoms with E-state index >= 15 is 0 Å². The maximum absolute atomic E-state index is 11.5. The quantitative estimate of drug-likeness (QED) is 0.579. The Morgan fingerprint density at radius 1 is 1.41 bits per heavy atom. The highest BCUT2D eigenvalue weighted by molar-refractivity contribution is 5.91. The van der Waals surface area contributed by atoms with Gasteiger partial charge in [-0.05, 0) is 19.1 Å². The van der Waals surface area contributed by atoms with Crippen LogP contribution >= 0.6 is 0 Å². The van der Waals surface area contributed by atoms with Crippen molar-refractivity contribution < 1.29 is 14.4 Å². The van der Waals surface area contributed by atoms with Crippen LogP contribution in [0.1, 0.15) is 12.5 Å². The summed E-state index contributed by atoms with van der Waals surface area (Å²) in [6.45, 7) is 2.52. The Morgan fingerprint density at radius 2 is 2.12 bits per heavy atom. The third kappa shape index (κ3) is 3.92. The number of hydrogen-bond acceptors (Lipinski definition) is 3. The van der Waals surface area contributed by atoms with Crippen molar-refractivity contribution in [2.75, 3.05) is 20.8 Å². The van der Waals surface area contributed by atoms with Crippen molar-refractivity contribution in [1.82, 2.24) is 5.06 Å². The number of carbonyl (C=O) groups excluding carboxylic acids is 1. The predicted molar refractivity (Wildman–Crippen MR) is 66.4 cm³/mol. The van der Waals surface area contributed by atoms with E-state index in [-0.39, 0.29) is 5.91 Å². The van der Waals surface area contributed by atoms with Crippen molar-refractivity contribution in [2.24, 2.45) is 0 Å². The van der Waals surface area contributed by atoms with Gasteiger partial charge in [0.15, 0.2) is 0 Å². The Morgan fingerprint density at radius 3 is 2.76 bits per heavy atom. The summed E-state index contributed by atoms with van der Waals surface area (Å²) < 4.78 is 5.45. The molecule has 1 rings (SSSR count). The Labute approximate surface area is 101 Å². The Hall–Kier alpha value is -1.81. The van der Waals surface area contributed by atoms with E-state index in [9.17, 15) is 4.79 Å². The minimum atomic E-state index is -0.223. The summed E-state index contributed by atoms with van der Waals surface area (Å²) in [6, 6.07) is 7.55. The van der Waals surface area contributed by atoms with Crippen LogP contribution in [-0.2, 0) is 9.63 Å². The first-order valence-corrected chi connectivity index (χ1v) is 5.40. The topological polar surface area (TPSA) is 38.8 Å². The fraction of sp³-hybridized carbons (Fsp3) is 0.308. The molecule has 0 saturated carbocycles. The van der Waals surface area contributed by atoms with Crippen molar-refractivity contribution in [1.29, 1.82) is 0 Å². The SMILES string of the molecule is CCOc1ccccc1C=CC(=O)N(C)OC. The van der Waals surface area contributed by atoms with Crippen LogP contribution in [0.4, 0.5) is 0 Å². The second kappa shape index (κ2) is 6.70. The lowest BCUT2D eigenvalue weighted by atomic mass is 10.2. The molecule has 0 fully saturated rings. The fourth-order valence-electron chi connectivity index (χ4n) is 1.26. The highest BCUT2D eigenvalue weighted by Gasteiger charge is 2.03. The molecule has 4 heteroatoms. The van der Waals surface area contributed by atoms with E-state index in [0.29, 0.717) is 6.61 Å². The molecule has 0 bridgehead atoms. The smallest absolute Gasteiger partial charge is 0.269 e. The van der Waals surface area contributed by atoms with Crippen LogP contribution in [0.3, 0.4) is 0 Å². The number of benzene rings is 1. The van der Waals surface area contributed by atoms with Gasteiger partial charge < -0.3 is 4.74 Å². The lowest BCUT2D eigenvalue weighted by Crippen LogP contribution is -2.22. The molecule has 0 N–H and O–H groups in total. The third-order valence-electron chi connectivity index (χ3n) is 2.21. The van der Waals surface area contributed by atoms with Crippen LogP contribution in [0.15, 0.2) is 30.3 Å². The third-order valence-corrected chi connectivity index (χ3v) is 2.21. The van der Waals surface area contributed by atoms with Gasteiger partial charge in [0.05, 0.1) is 13.7 Å². The summed E-state index contributed by atoms with van der Waals surface area (Å²) in [5.41, 5.74) is 0.868. The molecule has 0 aromatic heterocycles. The van der Waals surface area contributed by atoms with Crippen molar-refractivity contribution in [2.45, 2.75) is 6.92 Å². The first kappa shape index (κ1) is 13.3. The van der Waals surface area contributed by atoms with Crippen molar-refractivity contribution in [3.05, 3.63) is 35.9 Å². The number of likely N-dealkylation sites (N-methyl/N-ethyl adjacent to an activating group) is 1. The minimum absolute atomic E-state index is 0.223. The largest absolute Gasteiger partial charge is 0.493 e. The van der Waals surface area contributed by atoms with E-state index in [2.05, 4.69) is 0 Å². The van der Waals surface area contributed by atoms with Crippen LogP contribution < -0.4 is 4.74 Å². The summed E-state index contributed by atoms with van der Waals surface area (Å²) in [5.74, 6) is 0.540. The van der Waals surface area contributed by atoms with Gasteiger partial charge >= 0.3 is 0 Å². The molecular weight excluding hydrogens is 218 g/mol. The van der Waals surface area contributed by atoms with Gasteiger partial charge in [-0.15, -0.1) is 0 Å². The lowest BCUT2D eigenvalue weighted by Gasteiger charge is -2.10. The van der Waals surface area contributed by atoms with Crippen LogP contribution in [-0.4, -0.2) is 31.7 Å². The molecule has 0 aliphatic rings. The summed E-state index contributed by atoms with van der Waals surface area (Å²) in [7, 11) is 3.00. The van der Waals surface area contributed by atoms with Crippen molar-refractivity contribution in [3.63, 3.8) is 0 Å². The normalized spacial score (nSPS) is 10.5. The predicted octanol–water partition coefficient (Wildman–Crippen LogP) is 2.12. The maximum atomic E-state index is 11.5. The number of amides is 1. The van der Waals surface area contributed by atoms with Gasteiger partial charge in [-0.1, -0.05) is 18.2 Å². The van der Waals surface area contributed by atoms with E-state index in [1.165, 1.54) is 13.2 Å². The second-order valence-corrected chi connectivity index (χ2v) is 3.32. The van der Waals surface area contributed by atoms with E-state index in [0.717, 1.165) is 16.4 Å². The zero-order valence-electron chi connectivity index (χ0n) is 10.3. The molecule has 0 heterocycles. The molecule has 1 aromatic carbocycles. The second-order valence-electron chi connectivity index (χ2n) is 3.32. The Kier molecular flexibility index (Phi) is 5.23. The van der Waals surface area contributed by atoms with Gasteiger partial charge in [-0.25, -0.2) is 5.06 Å². The highest BCUT2D eigenvalue weighted by atomic mass is 16.7. The molecule has 0 unspecified atom stereocenters. The molecule has 92 valence electrons. The lowest BCUT2D eigenvalue weighted by molar-refractivity contribution is -0.162. The maximum Gasteiger partial charge on any atom is 0.269 e. The zero-order valence-corrected chi connectivity index (χ0v) is 10.3. The average molecular weight is 235 g/mol. The van der Waals surface area contributed by atoms with Crippen LogP contribution in [0.2, 0.25) is 0 Å². The summed E-state index contributed by atoms with van der Waals surface area (Å²) in [4.78, 5) is 16.3. The molecule has 1 amide bonds. The van der Waals surface area contributed by atoms with Gasteiger partial charge in [0, 0.05) is 18.7 Å². The van der Waals surface area contributed by atoms with Gasteiger partial charge in [-0.3, -0.25) is 9.63 Å². The van der Waals surface area contributed by atoms with E-state index in [1.807, 2.05) is 31.2 Å². The molecule has 17 heavy (non-hydrogen) atoms. The van der Waals surface area contributed by atoms with Gasteiger partial charge in [-0.2, -0.15) is 0 Å². The van der Waals surface area contributed by atoms with Crippen LogP contribution in [0.5, 0.6) is 5.75 Å². The molecule has 0 spiro atoms. The number of hydrogen-bond donors (Lipinski definition) is 0. The molecule has 0 saturated heterocycles. The van der Waals surface area contributed by atoms with Crippen molar-refractivity contribution in [3.8, 4) is 5.75 Å². The van der Waals surface area contributed by atoms with E-state index in [1.54, 1.807) is 13.1 Å². The summed E-state index contributed by atoms with van der Waals surface area (Å²) >= 11 is 0. The number of hydroxylamine groups is 2. The molecular formula is C13H17NO3. The molecule has 0 radical (unpaired) electrons. The highest BCUT2D eigenvalue weighted by Crippen LogP contribution is 2.19. The summed E-state index contributed by atoms with van der Waals surface area (Å²) in [5, 5.41) is 1.15. The fourth-order valence-corrected chi connectivity index (χ4v) is 1.26. The molecule has 4 nitrogen and oxygen atoms in total. The van der Waals surface area contributed by atoms with E-state index in [4.69, 9.17) is 9.57 Å². The number of carbonyl (C=O) groups is 1. The molecule has 1 aromatic rings. The van der Waals surface area contributed by atoms with Gasteiger partial charge in [0.2, 0.25) is 0 Å². The summed E-state index contributed by atoms with van der Waals surface area (Å²) in [6.07, 6.45) is 3.16. The van der Waals surface area contributed by atoms with Crippen molar-refractivity contribution >= 4 is 12.0 Å². The first-order chi connectivity index (χ1) is 8.19. The van der Waals surface area contributed by atoms with Gasteiger partial charge in [0.25, 0.3) is 5.91 Å². The first-order valence-electron chi connectivity index (χ1n) is 5.40. The minimum Gasteiger partial charge on any atom is -0.493 e. The molecule has 0 aliphatic heterocycles. The Balaban J connectivity index is 2.80. The number of para-hydroxylation sites is 1. The Bertz CT molecular complexity index is 401. The number of ether oxygens (including phenoxy) is 1. The van der Waals surface area contributed by atoms with Gasteiger partial charge in [0.1, 0.15) is 5.75 Å². The molecule has 0 aliphatic carbocycles. The number of rotatable bonds is 5.